The van der Waals surface area contributed by atoms with E-state index in [9.17, 15) is 4.79 Å². The second kappa shape index (κ2) is 6.53. The van der Waals surface area contributed by atoms with Crippen molar-refractivity contribution in [1.82, 2.24) is 10.2 Å². The third kappa shape index (κ3) is 3.33. The molecule has 0 aromatic heterocycles. The van der Waals surface area contributed by atoms with Crippen molar-refractivity contribution in [2.24, 2.45) is 0 Å². The van der Waals surface area contributed by atoms with Gasteiger partial charge in [0.05, 0.1) is 6.04 Å². The molecule has 1 N–H and O–H groups in total. The van der Waals surface area contributed by atoms with Crippen LogP contribution in [0, 0.1) is 0 Å². The molecule has 2 aromatic rings. The number of carbonyl (C=O) groups is 1. The SMILES string of the molecule is CC(NC(=O)N1CCc2ccccc2C1)c1ccc(Br)cc1. The Bertz CT molecular complexity index is 669. The first-order valence-electron chi connectivity index (χ1n) is 7.51. The van der Waals surface area contributed by atoms with Crippen LogP contribution in [0.15, 0.2) is 53.0 Å². The summed E-state index contributed by atoms with van der Waals surface area (Å²) < 4.78 is 1.04. The molecule has 4 heteroatoms. The Morgan fingerprint density at radius 1 is 1.14 bits per heavy atom. The van der Waals surface area contributed by atoms with Crippen LogP contribution >= 0.6 is 15.9 Å². The summed E-state index contributed by atoms with van der Waals surface area (Å²) in [7, 11) is 0. The van der Waals surface area contributed by atoms with Crippen molar-refractivity contribution in [1.29, 1.82) is 0 Å². The molecule has 3 nitrogen and oxygen atoms in total. The first kappa shape index (κ1) is 15.1. The van der Waals surface area contributed by atoms with Gasteiger partial charge in [-0.1, -0.05) is 52.3 Å². The fraction of sp³-hybridized carbons (Fsp3) is 0.278. The minimum atomic E-state index is -0.00206. The highest BCUT2D eigenvalue weighted by molar-refractivity contribution is 9.10. The molecule has 0 saturated heterocycles. The Morgan fingerprint density at radius 2 is 1.82 bits per heavy atom. The molecule has 1 heterocycles. The smallest absolute Gasteiger partial charge is 0.318 e. The van der Waals surface area contributed by atoms with Gasteiger partial charge in [0.25, 0.3) is 0 Å². The molecule has 0 saturated carbocycles. The summed E-state index contributed by atoms with van der Waals surface area (Å²) >= 11 is 3.43. The van der Waals surface area contributed by atoms with Crippen LogP contribution in [0.3, 0.4) is 0 Å². The Hall–Kier alpha value is -1.81. The average molecular weight is 359 g/mol. The molecule has 0 fully saturated rings. The van der Waals surface area contributed by atoms with Crippen molar-refractivity contribution in [3.63, 3.8) is 0 Å². The van der Waals surface area contributed by atoms with E-state index >= 15 is 0 Å². The largest absolute Gasteiger partial charge is 0.331 e. The van der Waals surface area contributed by atoms with Crippen LogP contribution in [0.5, 0.6) is 0 Å². The van der Waals surface area contributed by atoms with E-state index in [4.69, 9.17) is 0 Å². The number of halogens is 1. The number of hydrogen-bond donors (Lipinski definition) is 1. The molecule has 2 aromatic carbocycles. The molecule has 22 heavy (non-hydrogen) atoms. The second-order valence-electron chi connectivity index (χ2n) is 5.66. The third-order valence-corrected chi connectivity index (χ3v) is 4.66. The predicted molar refractivity (Wildman–Crippen MR) is 91.6 cm³/mol. The van der Waals surface area contributed by atoms with Gasteiger partial charge in [0.2, 0.25) is 0 Å². The zero-order valence-corrected chi connectivity index (χ0v) is 14.1. The maximum atomic E-state index is 12.5. The zero-order valence-electron chi connectivity index (χ0n) is 12.6. The van der Waals surface area contributed by atoms with Crippen molar-refractivity contribution < 1.29 is 4.79 Å². The van der Waals surface area contributed by atoms with Gasteiger partial charge in [-0.05, 0) is 42.2 Å². The van der Waals surface area contributed by atoms with E-state index in [1.54, 1.807) is 0 Å². The molecule has 3 rings (SSSR count). The van der Waals surface area contributed by atoms with Gasteiger partial charge in [-0.15, -0.1) is 0 Å². The number of fused-ring (bicyclic) bond motifs is 1. The summed E-state index contributed by atoms with van der Waals surface area (Å²) in [6.45, 7) is 3.48. The summed E-state index contributed by atoms with van der Waals surface area (Å²) in [6.07, 6.45) is 0.927. The Labute approximate surface area is 139 Å². The van der Waals surface area contributed by atoms with Crippen LogP contribution in [0.1, 0.15) is 29.7 Å². The molecular formula is C18H19BrN2O. The number of amides is 2. The Kier molecular flexibility index (Phi) is 4.48. The number of nitrogens with one attached hydrogen (secondary N) is 1. The molecule has 1 unspecified atom stereocenters. The second-order valence-corrected chi connectivity index (χ2v) is 6.58. The topological polar surface area (TPSA) is 32.3 Å². The highest BCUT2D eigenvalue weighted by Crippen LogP contribution is 2.20. The lowest BCUT2D eigenvalue weighted by Crippen LogP contribution is -2.43. The van der Waals surface area contributed by atoms with E-state index < -0.39 is 0 Å². The van der Waals surface area contributed by atoms with Crippen LogP contribution in [0.4, 0.5) is 4.79 Å². The van der Waals surface area contributed by atoms with Crippen molar-refractivity contribution in [2.75, 3.05) is 6.54 Å². The first-order valence-corrected chi connectivity index (χ1v) is 8.30. The summed E-state index contributed by atoms with van der Waals surface area (Å²) in [4.78, 5) is 14.4. The number of benzene rings is 2. The first-order chi connectivity index (χ1) is 10.6. The van der Waals surface area contributed by atoms with Crippen LogP contribution in [0.25, 0.3) is 0 Å². The van der Waals surface area contributed by atoms with Gasteiger partial charge in [0.1, 0.15) is 0 Å². The van der Waals surface area contributed by atoms with E-state index in [0.717, 1.165) is 23.0 Å². The van der Waals surface area contributed by atoms with E-state index in [1.165, 1.54) is 11.1 Å². The van der Waals surface area contributed by atoms with Crippen molar-refractivity contribution in [3.8, 4) is 0 Å². The van der Waals surface area contributed by atoms with Crippen molar-refractivity contribution in [3.05, 3.63) is 69.7 Å². The third-order valence-electron chi connectivity index (χ3n) is 4.13. The van der Waals surface area contributed by atoms with Crippen molar-refractivity contribution >= 4 is 22.0 Å². The number of rotatable bonds is 2. The van der Waals surface area contributed by atoms with E-state index in [-0.39, 0.29) is 12.1 Å². The van der Waals surface area contributed by atoms with E-state index in [0.29, 0.717) is 6.54 Å². The molecule has 0 spiro atoms. The molecule has 1 aliphatic heterocycles. The fourth-order valence-electron chi connectivity index (χ4n) is 2.78. The molecular weight excluding hydrogens is 340 g/mol. The molecule has 0 aliphatic carbocycles. The maximum absolute atomic E-state index is 12.5. The van der Waals surface area contributed by atoms with Crippen molar-refractivity contribution in [2.45, 2.75) is 25.9 Å². The average Bonchev–Trinajstić information content (AvgIpc) is 2.55. The molecule has 114 valence electrons. The lowest BCUT2D eigenvalue weighted by atomic mass is 10.0. The fourth-order valence-corrected chi connectivity index (χ4v) is 3.04. The number of nitrogens with zero attached hydrogens (tertiary/aromatic N) is 1. The van der Waals surface area contributed by atoms with Crippen LogP contribution in [0.2, 0.25) is 0 Å². The van der Waals surface area contributed by atoms with Crippen LogP contribution < -0.4 is 5.32 Å². The predicted octanol–water partition coefficient (Wildman–Crippen LogP) is 4.28. The molecule has 0 radical (unpaired) electrons. The zero-order chi connectivity index (χ0) is 15.5. The Balaban J connectivity index is 1.64. The lowest BCUT2D eigenvalue weighted by Gasteiger charge is -2.30. The lowest BCUT2D eigenvalue weighted by molar-refractivity contribution is 0.189. The van der Waals surface area contributed by atoms with Gasteiger partial charge in [0, 0.05) is 17.6 Å². The maximum Gasteiger partial charge on any atom is 0.318 e. The monoisotopic (exact) mass is 358 g/mol. The molecule has 1 aliphatic rings. The van der Waals surface area contributed by atoms with Crippen LogP contribution in [-0.4, -0.2) is 17.5 Å². The van der Waals surface area contributed by atoms with E-state index in [1.807, 2.05) is 42.2 Å². The quantitative estimate of drug-likeness (QED) is 0.853. The Morgan fingerprint density at radius 3 is 2.55 bits per heavy atom. The number of urea groups is 1. The highest BCUT2D eigenvalue weighted by atomic mass is 79.9. The minimum Gasteiger partial charge on any atom is -0.331 e. The summed E-state index contributed by atoms with van der Waals surface area (Å²) in [5, 5.41) is 3.09. The van der Waals surface area contributed by atoms with Gasteiger partial charge in [-0.3, -0.25) is 0 Å². The molecule has 2 amide bonds. The summed E-state index contributed by atoms with van der Waals surface area (Å²) in [5.74, 6) is 0. The van der Waals surface area contributed by atoms with Gasteiger partial charge in [0.15, 0.2) is 0 Å². The van der Waals surface area contributed by atoms with Gasteiger partial charge in [-0.2, -0.15) is 0 Å². The number of carbonyl (C=O) groups excluding carboxylic acids is 1. The van der Waals surface area contributed by atoms with Gasteiger partial charge in [-0.25, -0.2) is 4.79 Å². The highest BCUT2D eigenvalue weighted by Gasteiger charge is 2.21. The van der Waals surface area contributed by atoms with E-state index in [2.05, 4.69) is 39.4 Å². The molecule has 1 atom stereocenters. The standard InChI is InChI=1S/C18H19BrN2O/c1-13(14-6-8-17(19)9-7-14)20-18(22)21-11-10-15-4-2-3-5-16(15)12-21/h2-9,13H,10-12H2,1H3,(H,20,22). The van der Waals surface area contributed by atoms with Gasteiger partial charge >= 0.3 is 6.03 Å². The normalized spacial score (nSPS) is 15.1. The number of hydrogen-bond acceptors (Lipinski definition) is 1. The summed E-state index contributed by atoms with van der Waals surface area (Å²) in [6, 6.07) is 16.4. The van der Waals surface area contributed by atoms with Gasteiger partial charge < -0.3 is 10.2 Å². The summed E-state index contributed by atoms with van der Waals surface area (Å²) in [5.41, 5.74) is 3.71. The minimum absolute atomic E-state index is 0.00206. The molecule has 0 bridgehead atoms. The van der Waals surface area contributed by atoms with Crippen LogP contribution in [-0.2, 0) is 13.0 Å².